The highest BCUT2D eigenvalue weighted by molar-refractivity contribution is 7.47. The molecule has 590 valence electrons. The van der Waals surface area contributed by atoms with Crippen LogP contribution in [-0.4, -0.2) is 96.7 Å². The monoisotopic (exact) mass is 1460 g/mol. The summed E-state index contributed by atoms with van der Waals surface area (Å²) in [6.07, 6.45) is 67.2. The fraction of sp³-hybridized carbons (Fsp3) is 0.901. The Morgan fingerprint density at radius 2 is 0.540 bits per heavy atom. The minimum atomic E-state index is -4.97. The first-order valence-electron chi connectivity index (χ1n) is 41.5. The summed E-state index contributed by atoms with van der Waals surface area (Å²) < 4.78 is 68.7. The fourth-order valence-corrected chi connectivity index (χ4v) is 13.6. The Balaban J connectivity index is 5.28. The van der Waals surface area contributed by atoms with Gasteiger partial charge in [-0.15, -0.1) is 0 Å². The molecule has 19 heteroatoms. The van der Waals surface area contributed by atoms with Crippen LogP contribution in [0.15, 0.2) is 24.3 Å². The summed E-state index contributed by atoms with van der Waals surface area (Å²) >= 11 is 0. The van der Waals surface area contributed by atoms with Gasteiger partial charge in [0.05, 0.1) is 26.4 Å². The van der Waals surface area contributed by atoms with E-state index in [1.165, 1.54) is 212 Å². The van der Waals surface area contributed by atoms with Crippen LogP contribution in [0.25, 0.3) is 0 Å². The van der Waals surface area contributed by atoms with Crippen molar-refractivity contribution in [1.29, 1.82) is 0 Å². The van der Waals surface area contributed by atoms with E-state index in [9.17, 15) is 43.2 Å². The van der Waals surface area contributed by atoms with Gasteiger partial charge >= 0.3 is 39.5 Å². The van der Waals surface area contributed by atoms with Crippen LogP contribution in [0.4, 0.5) is 0 Å². The molecular weight excluding hydrogens is 1310 g/mol. The maximum atomic E-state index is 13.1. The molecule has 0 heterocycles. The number of phosphoric ester groups is 2. The molecule has 0 rings (SSSR count). The van der Waals surface area contributed by atoms with Gasteiger partial charge in [-0.05, 0) is 57.3 Å². The minimum Gasteiger partial charge on any atom is -0.462 e. The van der Waals surface area contributed by atoms with E-state index in [2.05, 4.69) is 58.9 Å². The van der Waals surface area contributed by atoms with Crippen molar-refractivity contribution >= 4 is 39.5 Å². The number of aliphatic hydroxyl groups excluding tert-OH is 1. The first kappa shape index (κ1) is 97.5. The van der Waals surface area contributed by atoms with E-state index in [4.69, 9.17) is 37.0 Å². The van der Waals surface area contributed by atoms with Gasteiger partial charge in [-0.2, -0.15) is 0 Å². The number of esters is 4. The number of phosphoric acid groups is 2. The molecule has 5 atom stereocenters. The summed E-state index contributed by atoms with van der Waals surface area (Å²) in [5.74, 6) is -1.33. The standard InChI is InChI=1S/C81H154O17P2/c1-6-9-12-15-18-21-24-27-30-36-40-45-50-55-60-65-79(84)92-71-77(98-81(86)67-62-57-52-47-42-37-32-29-28-31-35-38-43-48-53-58-63-74(4)5)73-96-100(89,90)94-69-75(82)68-93-99(87,88)95-72-76(97-80(85)66-61-56-51-46-41-34-26-23-20-17-14-11-8-3)70-91-78(83)64-59-54-49-44-39-33-25-22-19-16-13-10-7-2/h21,24,27,30,74-77,82H,6-20,22-23,25-26,28-29,31-73H2,1-5H3,(H,87,88)(H,89,90)/b24-21-,30-27-/t75-,76+,77+/m0/s1. The third-order valence-electron chi connectivity index (χ3n) is 18.4. The maximum absolute atomic E-state index is 13.1. The van der Waals surface area contributed by atoms with Crippen LogP contribution < -0.4 is 0 Å². The maximum Gasteiger partial charge on any atom is 0.472 e. The third kappa shape index (κ3) is 73.8. The number of carbonyl (C=O) groups is 4. The topological polar surface area (TPSA) is 237 Å². The van der Waals surface area contributed by atoms with Crippen LogP contribution in [0.5, 0.6) is 0 Å². The smallest absolute Gasteiger partial charge is 0.462 e. The molecule has 0 aliphatic rings. The number of rotatable bonds is 79. The Bertz CT molecular complexity index is 2000. The van der Waals surface area contributed by atoms with E-state index in [0.29, 0.717) is 25.7 Å². The summed E-state index contributed by atoms with van der Waals surface area (Å²) in [7, 11) is -9.93. The molecule has 0 aliphatic heterocycles. The minimum absolute atomic E-state index is 0.101. The SMILES string of the molecule is CCCCCC/C=C\C=C/CCCCCCCC(=O)OC[C@H](COP(=O)(O)OC[C@@H](O)COP(=O)(O)OC[C@@H](COC(=O)CCCCCCCCCCCCCCC)OC(=O)CCCCCCCCCCCCCCC)OC(=O)CCCCCCCCCCCCCCCCCCC(C)C. The van der Waals surface area contributed by atoms with E-state index in [1.54, 1.807) is 0 Å². The van der Waals surface area contributed by atoms with Crippen molar-refractivity contribution in [3.05, 3.63) is 24.3 Å². The fourth-order valence-electron chi connectivity index (χ4n) is 12.0. The molecule has 17 nitrogen and oxygen atoms in total. The zero-order valence-corrected chi connectivity index (χ0v) is 66.6. The molecule has 3 N–H and O–H groups in total. The Labute approximate surface area is 612 Å². The first-order valence-corrected chi connectivity index (χ1v) is 44.4. The zero-order chi connectivity index (χ0) is 73.4. The number of ether oxygens (including phenoxy) is 4. The second-order valence-corrected chi connectivity index (χ2v) is 31.9. The largest absolute Gasteiger partial charge is 0.472 e. The highest BCUT2D eigenvalue weighted by Gasteiger charge is 2.30. The van der Waals surface area contributed by atoms with Gasteiger partial charge in [0.25, 0.3) is 0 Å². The van der Waals surface area contributed by atoms with Crippen LogP contribution in [0, 0.1) is 5.92 Å². The van der Waals surface area contributed by atoms with Crippen LogP contribution in [0.1, 0.15) is 407 Å². The molecule has 0 fully saturated rings. The van der Waals surface area contributed by atoms with Crippen LogP contribution in [0.2, 0.25) is 0 Å². The predicted molar refractivity (Wildman–Crippen MR) is 409 cm³/mol. The molecule has 0 aromatic heterocycles. The van der Waals surface area contributed by atoms with E-state index >= 15 is 0 Å². The molecule has 0 saturated carbocycles. The van der Waals surface area contributed by atoms with Crippen molar-refractivity contribution in [3.63, 3.8) is 0 Å². The second-order valence-electron chi connectivity index (χ2n) is 29.0. The summed E-state index contributed by atoms with van der Waals surface area (Å²) in [6.45, 7) is 7.30. The lowest BCUT2D eigenvalue weighted by Gasteiger charge is -2.21. The summed E-state index contributed by atoms with van der Waals surface area (Å²) in [4.78, 5) is 73.0. The average molecular weight is 1460 g/mol. The summed E-state index contributed by atoms with van der Waals surface area (Å²) in [6, 6.07) is 0. The Hall–Kier alpha value is -2.46. The molecule has 0 spiro atoms. The first-order chi connectivity index (χ1) is 48.5. The number of aliphatic hydroxyl groups is 1. The van der Waals surface area contributed by atoms with Crippen molar-refractivity contribution in [1.82, 2.24) is 0 Å². The average Bonchev–Trinajstić information content (AvgIpc) is 0.926. The number of allylic oxidation sites excluding steroid dienone is 4. The van der Waals surface area contributed by atoms with Gasteiger partial charge in [-0.25, -0.2) is 9.13 Å². The second kappa shape index (κ2) is 73.4. The van der Waals surface area contributed by atoms with E-state index in [1.807, 2.05) is 0 Å². The van der Waals surface area contributed by atoms with E-state index < -0.39 is 97.5 Å². The molecule has 100 heavy (non-hydrogen) atoms. The summed E-state index contributed by atoms with van der Waals surface area (Å²) in [5, 5.41) is 10.6. The third-order valence-corrected chi connectivity index (χ3v) is 20.3. The lowest BCUT2D eigenvalue weighted by atomic mass is 10.0. The van der Waals surface area contributed by atoms with Gasteiger partial charge in [0, 0.05) is 25.7 Å². The molecule has 0 aromatic carbocycles. The molecule has 0 aromatic rings. The molecular formula is C81H154O17P2. The molecule has 0 saturated heterocycles. The quantitative estimate of drug-likeness (QED) is 0.0169. The van der Waals surface area contributed by atoms with Crippen molar-refractivity contribution in [2.45, 2.75) is 425 Å². The van der Waals surface area contributed by atoms with Crippen LogP contribution in [0.3, 0.4) is 0 Å². The van der Waals surface area contributed by atoms with Gasteiger partial charge in [-0.1, -0.05) is 354 Å². The van der Waals surface area contributed by atoms with E-state index in [-0.39, 0.29) is 25.7 Å². The number of unbranched alkanes of at least 4 members (excludes halogenated alkanes) is 48. The molecule has 0 bridgehead atoms. The molecule has 0 amide bonds. The highest BCUT2D eigenvalue weighted by atomic mass is 31.2. The summed E-state index contributed by atoms with van der Waals surface area (Å²) in [5.41, 5.74) is 0. The molecule has 0 radical (unpaired) electrons. The molecule has 0 aliphatic carbocycles. The van der Waals surface area contributed by atoms with Crippen LogP contribution in [-0.2, 0) is 65.4 Å². The van der Waals surface area contributed by atoms with Crippen molar-refractivity contribution < 1.29 is 80.2 Å². The van der Waals surface area contributed by atoms with Crippen molar-refractivity contribution in [3.8, 4) is 0 Å². The van der Waals surface area contributed by atoms with Gasteiger partial charge in [0.1, 0.15) is 19.3 Å². The zero-order valence-electron chi connectivity index (χ0n) is 64.8. The lowest BCUT2D eigenvalue weighted by Crippen LogP contribution is -2.30. The van der Waals surface area contributed by atoms with Gasteiger partial charge in [0.2, 0.25) is 0 Å². The van der Waals surface area contributed by atoms with Crippen LogP contribution >= 0.6 is 15.6 Å². The number of carbonyl (C=O) groups excluding carboxylic acids is 4. The van der Waals surface area contributed by atoms with Gasteiger partial charge < -0.3 is 33.8 Å². The Morgan fingerprint density at radius 1 is 0.310 bits per heavy atom. The number of hydrogen-bond donors (Lipinski definition) is 3. The van der Waals surface area contributed by atoms with Gasteiger partial charge in [-0.3, -0.25) is 37.3 Å². The van der Waals surface area contributed by atoms with Crippen molar-refractivity contribution in [2.75, 3.05) is 39.6 Å². The van der Waals surface area contributed by atoms with E-state index in [0.717, 1.165) is 115 Å². The van der Waals surface area contributed by atoms with Gasteiger partial charge in [0.15, 0.2) is 12.2 Å². The Kier molecular flexibility index (Phi) is 71.6. The Morgan fingerprint density at radius 3 is 0.820 bits per heavy atom. The van der Waals surface area contributed by atoms with Crippen molar-refractivity contribution in [2.24, 2.45) is 5.92 Å². The molecule has 2 unspecified atom stereocenters. The lowest BCUT2D eigenvalue weighted by molar-refractivity contribution is -0.161. The normalized spacial score (nSPS) is 14.0. The highest BCUT2D eigenvalue weighted by Crippen LogP contribution is 2.45. The predicted octanol–water partition coefficient (Wildman–Crippen LogP) is 24.0. The number of hydrogen-bond acceptors (Lipinski definition) is 15.